The molecule has 0 bridgehead atoms. The van der Waals surface area contributed by atoms with Crippen molar-refractivity contribution in [3.8, 4) is 0 Å². The van der Waals surface area contributed by atoms with Gasteiger partial charge in [0, 0.05) is 11.3 Å². The zero-order valence-electron chi connectivity index (χ0n) is 12.8. The summed E-state index contributed by atoms with van der Waals surface area (Å²) in [6, 6.07) is 0. The number of carbonyl (C=O) groups is 1. The third-order valence-electron chi connectivity index (χ3n) is 3.51. The van der Waals surface area contributed by atoms with E-state index in [-0.39, 0.29) is 10.3 Å². The van der Waals surface area contributed by atoms with Gasteiger partial charge in [-0.1, -0.05) is 52.4 Å². The lowest BCUT2D eigenvalue weighted by molar-refractivity contribution is -0.119. The first-order valence-electron chi connectivity index (χ1n) is 6.14. The summed E-state index contributed by atoms with van der Waals surface area (Å²) < 4.78 is -0.0829. The maximum atomic E-state index is 11.7. The Bertz CT molecular complexity index is 263. The van der Waals surface area contributed by atoms with E-state index in [9.17, 15) is 4.79 Å². The number of hydrogen-bond donors (Lipinski definition) is 1. The van der Waals surface area contributed by atoms with E-state index in [0.29, 0.717) is 0 Å². The smallest absolute Gasteiger partial charge is 0.216 e. The van der Waals surface area contributed by atoms with E-state index in [1.165, 1.54) is 0 Å². The highest BCUT2D eigenvalue weighted by atomic mass is 35.6. The highest BCUT2D eigenvalue weighted by molar-refractivity contribution is 7.33. The van der Waals surface area contributed by atoms with Crippen molar-refractivity contribution in [2.24, 2.45) is 0 Å². The van der Waals surface area contributed by atoms with Crippen molar-refractivity contribution < 1.29 is 4.79 Å². The zero-order valence-corrected chi connectivity index (χ0v) is 16.5. The molecule has 0 saturated heterocycles. The molecule has 0 aliphatic carbocycles. The molecule has 0 aromatic rings. The number of amides is 1. The van der Waals surface area contributed by atoms with Crippen LogP contribution in [0.1, 0.15) is 6.92 Å². The molecule has 0 atom stereocenters. The van der Waals surface area contributed by atoms with Crippen LogP contribution in [0.15, 0.2) is 0 Å². The normalized spacial score (nSPS) is 14.7. The van der Waals surface area contributed by atoms with Crippen molar-refractivity contribution in [1.29, 1.82) is 0 Å². The molecule has 2 nitrogen and oxygen atoms in total. The number of hydrogen-bond acceptors (Lipinski definition) is 1. The fourth-order valence-corrected chi connectivity index (χ4v) is 33.8. The van der Waals surface area contributed by atoms with Gasteiger partial charge in [0.1, 0.15) is 0 Å². The van der Waals surface area contributed by atoms with Gasteiger partial charge in [-0.15, -0.1) is 0 Å². The zero-order chi connectivity index (χ0) is 14.3. The molecule has 0 aromatic heterocycles. The Morgan fingerprint density at radius 2 is 1.24 bits per heavy atom. The summed E-state index contributed by atoms with van der Waals surface area (Å²) >= 11 is 6.86. The van der Waals surface area contributed by atoms with E-state index < -0.39 is 23.5 Å². The van der Waals surface area contributed by atoms with Gasteiger partial charge in [0.05, 0.1) is 16.1 Å². The lowest BCUT2D eigenvalue weighted by Gasteiger charge is -2.57. The average Bonchev–Trinajstić information content (AvgIpc) is 1.91. The van der Waals surface area contributed by atoms with Gasteiger partial charge >= 0.3 is 0 Å². The average molecular weight is 310 g/mol. The highest BCUT2D eigenvalue weighted by Gasteiger charge is 2.62. The molecule has 0 spiro atoms. The van der Waals surface area contributed by atoms with Crippen LogP contribution < -0.4 is 5.32 Å². The Morgan fingerprint density at radius 3 is 1.29 bits per heavy atom. The number of carbonyl (C=O) groups excluding carboxylic acids is 1. The molecule has 17 heavy (non-hydrogen) atoms. The van der Waals surface area contributed by atoms with Crippen LogP contribution in [0.3, 0.4) is 0 Å². The van der Waals surface area contributed by atoms with Crippen molar-refractivity contribution in [2.75, 3.05) is 0 Å². The van der Waals surface area contributed by atoms with Gasteiger partial charge < -0.3 is 5.32 Å². The SMILES string of the molecule is CC(=O)NC([Si](C)(C)C)([Si](C)(C)C)[Si](C)(C)Cl. The van der Waals surface area contributed by atoms with Crippen molar-refractivity contribution >= 4 is 40.5 Å². The number of rotatable bonds is 4. The molecule has 0 rings (SSSR count). The third-order valence-corrected chi connectivity index (χ3v) is 24.7. The highest BCUT2D eigenvalue weighted by Crippen LogP contribution is 2.40. The molecule has 0 aliphatic heterocycles. The first-order chi connectivity index (χ1) is 7.17. The molecule has 0 radical (unpaired) electrons. The second-order valence-electron chi connectivity index (χ2n) is 7.40. The predicted octanol–water partition coefficient (Wildman–Crippen LogP) is 3.60. The van der Waals surface area contributed by atoms with Gasteiger partial charge in [0.25, 0.3) is 0 Å². The van der Waals surface area contributed by atoms with Gasteiger partial charge in [-0.2, -0.15) is 11.1 Å². The van der Waals surface area contributed by atoms with E-state index >= 15 is 0 Å². The molecule has 102 valence electrons. The van der Waals surface area contributed by atoms with Gasteiger partial charge in [-0.05, 0) is 0 Å². The maximum absolute atomic E-state index is 11.7. The standard InChI is InChI=1S/C11H28ClNOSi3/c1-10(14)13-11(15(2,3)4,16(5,6)7)17(8,9)12/h1-9H3,(H,13,14). The molecule has 1 amide bonds. The summed E-state index contributed by atoms with van der Waals surface area (Å²) in [4.78, 5) is 11.7. The predicted molar refractivity (Wildman–Crippen MR) is 86.6 cm³/mol. The summed E-state index contributed by atoms with van der Waals surface area (Å²) in [6.45, 7) is 20.0. The van der Waals surface area contributed by atoms with Crippen LogP contribution in [0, 0.1) is 0 Å². The van der Waals surface area contributed by atoms with Gasteiger partial charge in [-0.3, -0.25) is 4.79 Å². The van der Waals surface area contributed by atoms with E-state index in [1.54, 1.807) is 6.92 Å². The van der Waals surface area contributed by atoms with Crippen molar-refractivity contribution in [3.05, 3.63) is 0 Å². The molecule has 0 saturated carbocycles. The van der Waals surface area contributed by atoms with E-state index in [2.05, 4.69) is 57.7 Å². The maximum Gasteiger partial charge on any atom is 0.216 e. The van der Waals surface area contributed by atoms with Crippen LogP contribution in [0.4, 0.5) is 0 Å². The van der Waals surface area contributed by atoms with Crippen molar-refractivity contribution in [2.45, 2.75) is 63.7 Å². The minimum atomic E-state index is -2.01. The van der Waals surface area contributed by atoms with Crippen LogP contribution in [-0.2, 0) is 4.79 Å². The van der Waals surface area contributed by atoms with Gasteiger partial charge in [-0.25, -0.2) is 0 Å². The van der Waals surface area contributed by atoms with Crippen LogP contribution in [-0.4, -0.2) is 33.8 Å². The lowest BCUT2D eigenvalue weighted by Crippen LogP contribution is -2.83. The topological polar surface area (TPSA) is 29.1 Å². The molecule has 0 aliphatic rings. The fraction of sp³-hybridized carbons (Fsp3) is 0.909. The minimum absolute atomic E-state index is 0.0658. The lowest BCUT2D eigenvalue weighted by atomic mass is 10.7. The Labute approximate surface area is 114 Å². The van der Waals surface area contributed by atoms with Crippen molar-refractivity contribution in [3.63, 3.8) is 0 Å². The second kappa shape index (κ2) is 4.83. The summed E-state index contributed by atoms with van der Waals surface area (Å²) in [5.74, 6) is 0.0658. The van der Waals surface area contributed by atoms with Crippen LogP contribution >= 0.6 is 11.1 Å². The van der Waals surface area contributed by atoms with Crippen LogP contribution in [0.5, 0.6) is 0 Å². The van der Waals surface area contributed by atoms with Crippen LogP contribution in [0.25, 0.3) is 0 Å². The number of halogens is 1. The van der Waals surface area contributed by atoms with E-state index in [0.717, 1.165) is 0 Å². The summed E-state index contributed by atoms with van der Waals surface area (Å²) in [5, 5.41) is 3.33. The molecule has 1 N–H and O–H groups in total. The Morgan fingerprint density at radius 1 is 0.941 bits per heavy atom. The largest absolute Gasteiger partial charge is 0.358 e. The first kappa shape index (κ1) is 17.4. The number of nitrogens with one attached hydrogen (secondary N) is 1. The Kier molecular flexibility index (Phi) is 4.95. The second-order valence-corrected chi connectivity index (χ2v) is 25.9. The summed E-state index contributed by atoms with van der Waals surface area (Å²) in [5.41, 5.74) is 0. The Balaban J connectivity index is 6.02. The molecular weight excluding hydrogens is 282 g/mol. The van der Waals surface area contributed by atoms with Gasteiger partial charge in [0.2, 0.25) is 5.91 Å². The molecule has 6 heteroatoms. The van der Waals surface area contributed by atoms with Crippen molar-refractivity contribution in [1.82, 2.24) is 5.32 Å². The fourth-order valence-electron chi connectivity index (χ4n) is 3.70. The molecule has 0 heterocycles. The third kappa shape index (κ3) is 3.24. The molecule has 0 fully saturated rings. The van der Waals surface area contributed by atoms with E-state index in [4.69, 9.17) is 11.1 Å². The minimum Gasteiger partial charge on any atom is -0.358 e. The summed E-state index contributed by atoms with van der Waals surface area (Å²) in [6.07, 6.45) is 0. The first-order valence-corrected chi connectivity index (χ1v) is 17.2. The molecule has 0 aromatic carbocycles. The van der Waals surface area contributed by atoms with Gasteiger partial charge in [0.15, 0.2) is 7.38 Å². The summed E-state index contributed by atoms with van der Waals surface area (Å²) in [7, 11) is -5.23. The van der Waals surface area contributed by atoms with Crippen LogP contribution in [0.2, 0.25) is 52.4 Å². The quantitative estimate of drug-likeness (QED) is 0.624. The van der Waals surface area contributed by atoms with E-state index in [1.807, 2.05) is 0 Å². The molecular formula is C11H28ClNOSi3. The monoisotopic (exact) mass is 309 g/mol. The molecule has 0 unspecified atom stereocenters. The Hall–Kier alpha value is 0.411.